The average Bonchev–Trinajstić information content (AvgIpc) is 3.00. The summed E-state index contributed by atoms with van der Waals surface area (Å²) in [4.78, 5) is 26.6. The zero-order valence-electron chi connectivity index (χ0n) is 25.0. The number of hydrogen-bond donors (Lipinski definition) is 2. The van der Waals surface area contributed by atoms with Crippen molar-refractivity contribution in [2.24, 2.45) is 0 Å². The lowest BCUT2D eigenvalue weighted by Crippen LogP contribution is -2.55. The number of ether oxygens (including phenoxy) is 2. The van der Waals surface area contributed by atoms with Crippen molar-refractivity contribution >= 4 is 29.7 Å². The fourth-order valence-electron chi connectivity index (χ4n) is 5.52. The van der Waals surface area contributed by atoms with Crippen LogP contribution in [-0.2, 0) is 10.9 Å². The number of rotatable bonds is 8. The van der Waals surface area contributed by atoms with Gasteiger partial charge in [-0.25, -0.2) is 4.98 Å². The first kappa shape index (κ1) is 33.4. The van der Waals surface area contributed by atoms with Crippen molar-refractivity contribution in [3.05, 3.63) is 65.6 Å². The molecule has 0 bridgehead atoms. The third-order valence-electron chi connectivity index (χ3n) is 7.89. The quantitative estimate of drug-likeness (QED) is 0.356. The maximum Gasteiger partial charge on any atom is 0.416 e. The van der Waals surface area contributed by atoms with Crippen molar-refractivity contribution in [3.8, 4) is 17.0 Å². The zero-order valence-corrected chi connectivity index (χ0v) is 25.8. The average molecular weight is 635 g/mol. The van der Waals surface area contributed by atoms with E-state index in [4.69, 9.17) is 14.5 Å². The number of nitrogens with zero attached hydrogens (tertiary/aromatic N) is 4. The molecule has 5 rings (SSSR count). The second-order valence-corrected chi connectivity index (χ2v) is 11.0. The minimum absolute atomic E-state index is 0. The molecule has 2 aliphatic rings. The van der Waals surface area contributed by atoms with Crippen molar-refractivity contribution in [3.63, 3.8) is 0 Å². The molecule has 2 fully saturated rings. The SMILES string of the molecule is Cc1ncc(NC(=O)c2cccc(C(F)(F)F)c2)cc1-c1cnc(OCCN2C(C)CNCC2C)c(N2CCOCC2)c1.Cl. The number of anilines is 2. The van der Waals surface area contributed by atoms with Gasteiger partial charge >= 0.3 is 6.18 Å². The van der Waals surface area contributed by atoms with Crippen LogP contribution in [0.3, 0.4) is 0 Å². The molecule has 2 unspecified atom stereocenters. The highest BCUT2D eigenvalue weighted by molar-refractivity contribution is 6.04. The number of carbonyl (C=O) groups is 1. The van der Waals surface area contributed by atoms with Crippen LogP contribution in [0.4, 0.5) is 24.5 Å². The molecule has 2 saturated heterocycles. The predicted octanol–water partition coefficient (Wildman–Crippen LogP) is 5.04. The molecule has 0 saturated carbocycles. The van der Waals surface area contributed by atoms with Crippen LogP contribution < -0.4 is 20.3 Å². The van der Waals surface area contributed by atoms with E-state index in [1.807, 2.05) is 13.0 Å². The normalized spacial score (nSPS) is 19.3. The lowest BCUT2D eigenvalue weighted by atomic mass is 10.0. The van der Waals surface area contributed by atoms with Gasteiger partial charge in [-0.2, -0.15) is 13.2 Å². The lowest BCUT2D eigenvalue weighted by Gasteiger charge is -2.39. The number of hydrogen-bond acceptors (Lipinski definition) is 8. The number of pyridine rings is 2. The third kappa shape index (κ3) is 7.98. The van der Waals surface area contributed by atoms with E-state index in [1.165, 1.54) is 18.3 Å². The first-order chi connectivity index (χ1) is 20.6. The van der Waals surface area contributed by atoms with E-state index in [0.29, 0.717) is 62.3 Å². The second kappa shape index (κ2) is 14.6. The summed E-state index contributed by atoms with van der Waals surface area (Å²) in [6.07, 6.45) is -1.34. The van der Waals surface area contributed by atoms with Crippen LogP contribution >= 0.6 is 12.4 Å². The number of aryl methyl sites for hydroxylation is 1. The van der Waals surface area contributed by atoms with Gasteiger partial charge in [0, 0.05) is 73.4 Å². The molecule has 0 radical (unpaired) electrons. The summed E-state index contributed by atoms with van der Waals surface area (Å²) in [6.45, 7) is 12.0. The van der Waals surface area contributed by atoms with E-state index < -0.39 is 17.6 Å². The maximum atomic E-state index is 13.2. The summed E-state index contributed by atoms with van der Waals surface area (Å²) < 4.78 is 51.3. The molecule has 2 aliphatic heterocycles. The first-order valence-corrected chi connectivity index (χ1v) is 14.5. The number of piperazine rings is 1. The minimum Gasteiger partial charge on any atom is -0.475 e. The van der Waals surface area contributed by atoms with Gasteiger partial charge in [-0.3, -0.25) is 14.7 Å². The number of morpholine rings is 1. The first-order valence-electron chi connectivity index (χ1n) is 14.5. The van der Waals surface area contributed by atoms with Gasteiger partial charge in [0.25, 0.3) is 5.91 Å². The van der Waals surface area contributed by atoms with E-state index in [2.05, 4.69) is 39.3 Å². The van der Waals surface area contributed by atoms with Gasteiger partial charge in [0.05, 0.1) is 30.7 Å². The maximum absolute atomic E-state index is 13.2. The van der Waals surface area contributed by atoms with Crippen LogP contribution in [0.2, 0.25) is 0 Å². The topological polar surface area (TPSA) is 91.8 Å². The fraction of sp³-hybridized carbons (Fsp3) is 0.452. The van der Waals surface area contributed by atoms with Crippen molar-refractivity contribution in [2.45, 2.75) is 39.0 Å². The Hall–Kier alpha value is -3.45. The standard InChI is InChI=1S/C31H37F3N6O3.ClH/c1-20-16-35-17-21(2)40(20)9-12-43-30-28(39-7-10-42-11-8-39)14-24(18-37-30)27-15-26(19-36-22(27)3)38-29(41)23-5-4-6-25(13-23)31(32,33)34;/h4-6,13-15,18-21,35H,7-12,16-17H2,1-3H3,(H,38,41);1H. The van der Waals surface area contributed by atoms with Crippen LogP contribution in [0.5, 0.6) is 5.88 Å². The molecule has 9 nitrogen and oxygen atoms in total. The molecule has 1 aromatic carbocycles. The Balaban J connectivity index is 0.00000442. The molecule has 1 amide bonds. The summed E-state index contributed by atoms with van der Waals surface area (Å²) in [7, 11) is 0. The molecular formula is C31H38ClF3N6O3. The van der Waals surface area contributed by atoms with Crippen molar-refractivity contribution < 1.29 is 27.4 Å². The number of halogens is 4. The number of carbonyl (C=O) groups excluding carboxylic acids is 1. The van der Waals surface area contributed by atoms with E-state index in [-0.39, 0.29) is 18.0 Å². The number of nitrogens with one attached hydrogen (secondary N) is 2. The highest BCUT2D eigenvalue weighted by Gasteiger charge is 2.31. The Morgan fingerprint density at radius 2 is 1.82 bits per heavy atom. The summed E-state index contributed by atoms with van der Waals surface area (Å²) in [5, 5.41) is 6.13. The van der Waals surface area contributed by atoms with Crippen molar-refractivity contribution in [1.29, 1.82) is 0 Å². The molecule has 2 N–H and O–H groups in total. The van der Waals surface area contributed by atoms with Gasteiger partial charge < -0.3 is 25.0 Å². The smallest absolute Gasteiger partial charge is 0.416 e. The molecule has 4 heterocycles. The Bertz CT molecular complexity index is 1430. The van der Waals surface area contributed by atoms with Crippen LogP contribution in [0.15, 0.2) is 48.8 Å². The fourth-order valence-corrected chi connectivity index (χ4v) is 5.52. The summed E-state index contributed by atoms with van der Waals surface area (Å²) in [6, 6.07) is 8.90. The van der Waals surface area contributed by atoms with Gasteiger partial charge in [0.1, 0.15) is 12.3 Å². The van der Waals surface area contributed by atoms with Gasteiger partial charge in [0.15, 0.2) is 0 Å². The molecular weight excluding hydrogens is 597 g/mol. The second-order valence-electron chi connectivity index (χ2n) is 11.0. The summed E-state index contributed by atoms with van der Waals surface area (Å²) in [5.74, 6) is -0.118. The number of alkyl halides is 3. The van der Waals surface area contributed by atoms with Crippen LogP contribution in [0.25, 0.3) is 11.1 Å². The molecule has 13 heteroatoms. The summed E-state index contributed by atoms with van der Waals surface area (Å²) in [5.41, 5.74) is 2.44. The van der Waals surface area contributed by atoms with Crippen molar-refractivity contribution in [1.82, 2.24) is 20.2 Å². The van der Waals surface area contributed by atoms with Crippen LogP contribution in [-0.4, -0.2) is 85.4 Å². The highest BCUT2D eigenvalue weighted by Crippen LogP contribution is 2.34. The molecule has 0 aliphatic carbocycles. The Morgan fingerprint density at radius 3 is 2.52 bits per heavy atom. The molecule has 3 aromatic rings. The minimum atomic E-state index is -4.54. The van der Waals surface area contributed by atoms with Gasteiger partial charge in [-0.05, 0) is 51.1 Å². The Kier molecular flexibility index (Phi) is 11.1. The largest absolute Gasteiger partial charge is 0.475 e. The van der Waals surface area contributed by atoms with Crippen LogP contribution in [0, 0.1) is 6.92 Å². The lowest BCUT2D eigenvalue weighted by molar-refractivity contribution is -0.137. The van der Waals surface area contributed by atoms with Gasteiger partial charge in [-0.15, -0.1) is 12.4 Å². The molecule has 2 atom stereocenters. The van der Waals surface area contributed by atoms with Gasteiger partial charge in [-0.1, -0.05) is 6.07 Å². The van der Waals surface area contributed by atoms with Gasteiger partial charge in [0.2, 0.25) is 5.88 Å². The Morgan fingerprint density at radius 1 is 1.09 bits per heavy atom. The monoisotopic (exact) mass is 634 g/mol. The Labute approximate surface area is 261 Å². The van der Waals surface area contributed by atoms with E-state index in [0.717, 1.165) is 48.6 Å². The van der Waals surface area contributed by atoms with Crippen molar-refractivity contribution in [2.75, 3.05) is 62.8 Å². The molecule has 0 spiro atoms. The van der Waals surface area contributed by atoms with Crippen LogP contribution in [0.1, 0.15) is 35.5 Å². The predicted molar refractivity (Wildman–Crippen MR) is 166 cm³/mol. The molecule has 238 valence electrons. The van der Waals surface area contributed by atoms with E-state index >= 15 is 0 Å². The molecule has 44 heavy (non-hydrogen) atoms. The number of amides is 1. The van der Waals surface area contributed by atoms with E-state index in [1.54, 1.807) is 12.3 Å². The third-order valence-corrected chi connectivity index (χ3v) is 7.89. The highest BCUT2D eigenvalue weighted by atomic mass is 35.5. The summed E-state index contributed by atoms with van der Waals surface area (Å²) >= 11 is 0. The van der Waals surface area contributed by atoms with E-state index in [9.17, 15) is 18.0 Å². The zero-order chi connectivity index (χ0) is 30.6. The number of benzene rings is 1. The molecule has 2 aromatic heterocycles. The number of aromatic nitrogens is 2.